The normalized spacial score (nSPS) is 11.0. The van der Waals surface area contributed by atoms with Crippen molar-refractivity contribution in [1.82, 2.24) is 9.97 Å². The van der Waals surface area contributed by atoms with Crippen LogP contribution in [0.4, 0.5) is 22.0 Å². The predicted molar refractivity (Wildman–Crippen MR) is 152 cm³/mol. The van der Waals surface area contributed by atoms with Crippen LogP contribution in [0.5, 0.6) is 11.5 Å². The number of rotatable bonds is 5. The molecular weight excluding hydrogens is 476 g/mol. The fourth-order valence-electron chi connectivity index (χ4n) is 4.78. The zero-order valence-corrected chi connectivity index (χ0v) is 20.9. The molecule has 38 heavy (non-hydrogen) atoms. The summed E-state index contributed by atoms with van der Waals surface area (Å²) < 4.78 is 11.0. The van der Waals surface area contributed by atoms with Crippen LogP contribution in [0.2, 0.25) is 0 Å². The molecule has 6 rings (SSSR count). The summed E-state index contributed by atoms with van der Waals surface area (Å²) in [5.41, 5.74) is 2.02. The molecule has 7 heteroatoms. The molecule has 0 aliphatic rings. The molecule has 5 aromatic carbocycles. The van der Waals surface area contributed by atoms with Gasteiger partial charge in [0, 0.05) is 22.2 Å². The van der Waals surface area contributed by atoms with Crippen molar-refractivity contribution in [1.29, 1.82) is 0 Å². The lowest BCUT2D eigenvalue weighted by atomic mass is 10.1. The molecule has 186 valence electrons. The molecule has 0 radical (unpaired) electrons. The van der Waals surface area contributed by atoms with E-state index in [1.54, 1.807) is 31.3 Å². The van der Waals surface area contributed by atoms with Crippen molar-refractivity contribution < 1.29 is 14.3 Å². The molecule has 7 nitrogen and oxygen atoms in total. The zero-order chi connectivity index (χ0) is 26.1. The first-order valence-electron chi connectivity index (χ1n) is 12.1. The van der Waals surface area contributed by atoms with Gasteiger partial charge in [0.1, 0.15) is 6.33 Å². The fraction of sp³-hybridized carbons (Fsp3) is 0.0645. The third-order valence-corrected chi connectivity index (χ3v) is 6.57. The Morgan fingerprint density at radius 3 is 2.11 bits per heavy atom. The van der Waals surface area contributed by atoms with Crippen LogP contribution in [-0.4, -0.2) is 30.2 Å². The minimum Gasteiger partial charge on any atom is -0.493 e. The average molecular weight is 501 g/mol. The number of carbonyl (C=O) groups is 1. The number of methoxy groups -OCH3 is 2. The Kier molecular flexibility index (Phi) is 5.94. The molecule has 0 aliphatic heterocycles. The third kappa shape index (κ3) is 4.00. The number of urea groups is 1. The van der Waals surface area contributed by atoms with Gasteiger partial charge in [0.2, 0.25) is 0 Å². The molecule has 2 amide bonds. The van der Waals surface area contributed by atoms with Gasteiger partial charge in [-0.1, -0.05) is 72.8 Å². The van der Waals surface area contributed by atoms with Gasteiger partial charge in [-0.2, -0.15) is 0 Å². The highest BCUT2D eigenvalue weighted by atomic mass is 16.5. The van der Waals surface area contributed by atoms with Crippen LogP contribution >= 0.6 is 0 Å². The van der Waals surface area contributed by atoms with Crippen molar-refractivity contribution in [3.05, 3.63) is 103 Å². The van der Waals surface area contributed by atoms with E-state index in [0.717, 1.165) is 21.5 Å². The van der Waals surface area contributed by atoms with E-state index in [-0.39, 0.29) is 6.03 Å². The van der Waals surface area contributed by atoms with Crippen LogP contribution in [0.1, 0.15) is 0 Å². The third-order valence-electron chi connectivity index (χ3n) is 6.57. The highest BCUT2D eigenvalue weighted by molar-refractivity contribution is 6.16. The quantitative estimate of drug-likeness (QED) is 0.268. The minimum absolute atomic E-state index is 0.354. The molecule has 0 atom stereocenters. The SMILES string of the molecule is COc1cc2ncnc(N(C(=O)Nc3cccc4ccccc34)c3cccc4ccccc34)c2cc1OC. The molecule has 0 aliphatic carbocycles. The first-order valence-corrected chi connectivity index (χ1v) is 12.1. The predicted octanol–water partition coefficient (Wildman–Crippen LogP) is 7.32. The second-order valence-corrected chi connectivity index (χ2v) is 8.71. The van der Waals surface area contributed by atoms with E-state index in [9.17, 15) is 4.79 Å². The van der Waals surface area contributed by atoms with E-state index in [2.05, 4.69) is 15.3 Å². The Morgan fingerprint density at radius 1 is 0.711 bits per heavy atom. The summed E-state index contributed by atoms with van der Waals surface area (Å²) >= 11 is 0. The molecule has 0 saturated carbocycles. The van der Waals surface area contributed by atoms with E-state index in [4.69, 9.17) is 9.47 Å². The Morgan fingerprint density at radius 2 is 1.34 bits per heavy atom. The van der Waals surface area contributed by atoms with Crippen LogP contribution in [0.25, 0.3) is 32.4 Å². The maximum Gasteiger partial charge on any atom is 0.332 e. The highest BCUT2D eigenvalue weighted by Gasteiger charge is 2.25. The van der Waals surface area contributed by atoms with Crippen molar-refractivity contribution in [3.8, 4) is 11.5 Å². The number of ether oxygens (including phenoxy) is 2. The van der Waals surface area contributed by atoms with Gasteiger partial charge >= 0.3 is 6.03 Å². The number of nitrogens with one attached hydrogen (secondary N) is 1. The Bertz CT molecular complexity index is 1810. The van der Waals surface area contributed by atoms with Crippen molar-refractivity contribution >= 4 is 55.7 Å². The number of fused-ring (bicyclic) bond motifs is 3. The lowest BCUT2D eigenvalue weighted by molar-refractivity contribution is 0.259. The van der Waals surface area contributed by atoms with Crippen LogP contribution in [0.3, 0.4) is 0 Å². The van der Waals surface area contributed by atoms with Gasteiger partial charge in [-0.3, -0.25) is 0 Å². The van der Waals surface area contributed by atoms with E-state index in [1.165, 1.54) is 6.33 Å². The smallest absolute Gasteiger partial charge is 0.332 e. The number of hydrogen-bond donors (Lipinski definition) is 1. The van der Waals surface area contributed by atoms with E-state index >= 15 is 0 Å². The van der Waals surface area contributed by atoms with Crippen molar-refractivity contribution in [3.63, 3.8) is 0 Å². The molecule has 1 aromatic heterocycles. The summed E-state index contributed by atoms with van der Waals surface area (Å²) in [4.78, 5) is 24.9. The Balaban J connectivity index is 1.58. The maximum absolute atomic E-state index is 14.2. The summed E-state index contributed by atoms with van der Waals surface area (Å²) in [6, 6.07) is 30.8. The Labute approximate surface area is 219 Å². The average Bonchev–Trinajstić information content (AvgIpc) is 2.97. The molecule has 1 N–H and O–H groups in total. The van der Waals surface area contributed by atoms with Crippen LogP contribution < -0.4 is 19.7 Å². The second-order valence-electron chi connectivity index (χ2n) is 8.71. The molecule has 6 aromatic rings. The molecule has 1 heterocycles. The summed E-state index contributed by atoms with van der Waals surface area (Å²) in [5.74, 6) is 1.48. The van der Waals surface area contributed by atoms with Gasteiger partial charge in [0.05, 0.1) is 31.1 Å². The van der Waals surface area contributed by atoms with Crippen LogP contribution in [-0.2, 0) is 0 Å². The number of benzene rings is 5. The lowest BCUT2D eigenvalue weighted by Crippen LogP contribution is -2.32. The van der Waals surface area contributed by atoms with E-state index in [0.29, 0.717) is 39.6 Å². The topological polar surface area (TPSA) is 76.6 Å². The summed E-state index contributed by atoms with van der Waals surface area (Å²) in [7, 11) is 3.15. The lowest BCUT2D eigenvalue weighted by Gasteiger charge is -2.25. The number of nitrogens with zero attached hydrogens (tertiary/aromatic N) is 3. The number of carbonyl (C=O) groups excluding carboxylic acids is 1. The summed E-state index contributed by atoms with van der Waals surface area (Å²) in [5, 5.41) is 7.67. The van der Waals surface area contributed by atoms with Gasteiger partial charge in [-0.25, -0.2) is 19.7 Å². The second kappa shape index (κ2) is 9.71. The van der Waals surface area contributed by atoms with Crippen molar-refractivity contribution in [2.24, 2.45) is 0 Å². The highest BCUT2D eigenvalue weighted by Crippen LogP contribution is 2.39. The number of hydrogen-bond acceptors (Lipinski definition) is 5. The van der Waals surface area contributed by atoms with Crippen molar-refractivity contribution in [2.75, 3.05) is 24.4 Å². The first kappa shape index (κ1) is 23.2. The molecule has 0 spiro atoms. The molecular formula is C31H24N4O3. The van der Waals surface area contributed by atoms with Crippen LogP contribution in [0, 0.1) is 0 Å². The number of amides is 2. The van der Waals surface area contributed by atoms with E-state index in [1.807, 2.05) is 84.9 Å². The number of anilines is 3. The van der Waals surface area contributed by atoms with E-state index < -0.39 is 0 Å². The van der Waals surface area contributed by atoms with Gasteiger partial charge in [0.25, 0.3) is 0 Å². The molecule has 0 saturated heterocycles. The fourth-order valence-corrected chi connectivity index (χ4v) is 4.78. The first-order chi connectivity index (χ1) is 18.7. The van der Waals surface area contributed by atoms with Gasteiger partial charge in [-0.05, 0) is 29.0 Å². The summed E-state index contributed by atoms with van der Waals surface area (Å²) in [6.07, 6.45) is 1.45. The monoisotopic (exact) mass is 500 g/mol. The van der Waals surface area contributed by atoms with Gasteiger partial charge < -0.3 is 14.8 Å². The van der Waals surface area contributed by atoms with Crippen LogP contribution in [0.15, 0.2) is 103 Å². The zero-order valence-electron chi connectivity index (χ0n) is 20.9. The standard InChI is InChI=1S/C31H24N4O3/c1-37-28-17-24-26(18-29(28)38-2)32-19-33-30(24)35(27-16-8-12-21-10-4-6-14-23(21)27)31(36)34-25-15-7-11-20-9-3-5-13-22(20)25/h3-19H,1-2H3,(H,34,36). The number of aromatic nitrogens is 2. The molecule has 0 bridgehead atoms. The summed E-state index contributed by atoms with van der Waals surface area (Å²) in [6.45, 7) is 0. The minimum atomic E-state index is -0.354. The molecule has 0 fully saturated rings. The maximum atomic E-state index is 14.2. The largest absolute Gasteiger partial charge is 0.493 e. The van der Waals surface area contributed by atoms with Gasteiger partial charge in [-0.15, -0.1) is 0 Å². The van der Waals surface area contributed by atoms with Gasteiger partial charge in [0.15, 0.2) is 17.3 Å². The molecule has 0 unspecified atom stereocenters. The Hall–Kier alpha value is -5.17. The van der Waals surface area contributed by atoms with Crippen molar-refractivity contribution in [2.45, 2.75) is 0 Å².